The second-order valence-electron chi connectivity index (χ2n) is 6.97. The summed E-state index contributed by atoms with van der Waals surface area (Å²) in [6.07, 6.45) is 4.26. The molecule has 0 saturated heterocycles. The first-order valence-electron chi connectivity index (χ1n) is 9.83. The predicted octanol–water partition coefficient (Wildman–Crippen LogP) is 6.73. The quantitative estimate of drug-likeness (QED) is 0.203. The van der Waals surface area contributed by atoms with Gasteiger partial charge >= 0.3 is 0 Å². The van der Waals surface area contributed by atoms with E-state index in [1.54, 1.807) is 24.2 Å². The van der Waals surface area contributed by atoms with Crippen LogP contribution >= 0.6 is 34.7 Å². The maximum absolute atomic E-state index is 14.2. The summed E-state index contributed by atoms with van der Waals surface area (Å²) in [4.78, 5) is 24.0. The molecule has 4 aromatic rings. The molecule has 0 fully saturated rings. The molecule has 32 heavy (non-hydrogen) atoms. The highest BCUT2D eigenvalue weighted by atomic mass is 35.5. The molecule has 0 N–H and O–H groups in total. The molecule has 0 aliphatic carbocycles. The van der Waals surface area contributed by atoms with Crippen molar-refractivity contribution in [3.63, 3.8) is 0 Å². The minimum absolute atomic E-state index is 0.0669. The Labute approximate surface area is 197 Å². The van der Waals surface area contributed by atoms with Crippen LogP contribution in [0.1, 0.15) is 18.4 Å². The Balaban J connectivity index is 1.49. The Bertz CT molecular complexity index is 1220. The van der Waals surface area contributed by atoms with Gasteiger partial charge in [0, 0.05) is 34.8 Å². The number of halogens is 3. The van der Waals surface area contributed by atoms with Crippen molar-refractivity contribution in [2.75, 3.05) is 10.7 Å². The van der Waals surface area contributed by atoms with E-state index in [4.69, 9.17) is 11.6 Å². The highest BCUT2D eigenvalue weighted by Crippen LogP contribution is 2.32. The zero-order valence-electron chi connectivity index (χ0n) is 16.8. The Morgan fingerprint density at radius 3 is 2.59 bits per heavy atom. The second-order valence-corrected chi connectivity index (χ2v) is 9.59. The van der Waals surface area contributed by atoms with Crippen molar-refractivity contribution >= 4 is 56.0 Å². The molecule has 0 unspecified atom stereocenters. The molecule has 2 aromatic heterocycles. The summed E-state index contributed by atoms with van der Waals surface area (Å²) in [5.74, 6) is -0.774. The third kappa shape index (κ3) is 5.62. The molecule has 0 radical (unpaired) electrons. The summed E-state index contributed by atoms with van der Waals surface area (Å²) < 4.78 is 28.2. The number of pyridine rings is 1. The van der Waals surface area contributed by atoms with Crippen LogP contribution in [0, 0.1) is 11.6 Å². The number of anilines is 1. The van der Waals surface area contributed by atoms with Crippen molar-refractivity contribution in [2.24, 2.45) is 0 Å². The molecule has 2 aromatic carbocycles. The molecule has 0 spiro atoms. The standard InChI is InChI=1S/C23H18ClF2N3OS2/c24-16-3-5-18(6-4-16)31-11-1-2-21(30)29(14-15-7-9-27-10-8-15)23-28-22-19(26)12-17(25)13-20(22)32-23/h3-10,12-13H,1-2,11,14H2. The summed E-state index contributed by atoms with van der Waals surface area (Å²) >= 11 is 8.66. The maximum atomic E-state index is 14.2. The summed E-state index contributed by atoms with van der Waals surface area (Å²) in [6, 6.07) is 13.2. The van der Waals surface area contributed by atoms with Gasteiger partial charge in [0.05, 0.1) is 11.2 Å². The van der Waals surface area contributed by atoms with Crippen molar-refractivity contribution in [3.05, 3.63) is 83.1 Å². The lowest BCUT2D eigenvalue weighted by Gasteiger charge is -2.20. The molecule has 0 saturated carbocycles. The summed E-state index contributed by atoms with van der Waals surface area (Å²) in [5.41, 5.74) is 0.937. The number of thiazole rings is 1. The fourth-order valence-corrected chi connectivity index (χ4v) is 5.07. The number of hydrogen-bond donors (Lipinski definition) is 0. The number of nitrogens with zero attached hydrogens (tertiary/aromatic N) is 3. The van der Waals surface area contributed by atoms with E-state index in [0.29, 0.717) is 27.7 Å². The Kier molecular flexibility index (Phi) is 7.34. The normalized spacial score (nSPS) is 11.1. The van der Waals surface area contributed by atoms with E-state index in [0.717, 1.165) is 33.6 Å². The minimum Gasteiger partial charge on any atom is -0.284 e. The molecule has 164 valence electrons. The van der Waals surface area contributed by atoms with Gasteiger partial charge in [0.1, 0.15) is 11.3 Å². The second kappa shape index (κ2) is 10.4. The van der Waals surface area contributed by atoms with E-state index < -0.39 is 11.6 Å². The van der Waals surface area contributed by atoms with Gasteiger partial charge in [-0.25, -0.2) is 13.8 Å². The van der Waals surface area contributed by atoms with E-state index in [-0.39, 0.29) is 18.0 Å². The van der Waals surface area contributed by atoms with Crippen molar-refractivity contribution < 1.29 is 13.6 Å². The summed E-state index contributed by atoms with van der Waals surface area (Å²) in [5, 5.41) is 1.03. The number of amides is 1. The Hall–Kier alpha value is -2.55. The lowest BCUT2D eigenvalue weighted by Crippen LogP contribution is -2.30. The summed E-state index contributed by atoms with van der Waals surface area (Å²) in [7, 11) is 0. The highest BCUT2D eigenvalue weighted by molar-refractivity contribution is 7.99. The number of benzene rings is 2. The highest BCUT2D eigenvalue weighted by Gasteiger charge is 2.21. The lowest BCUT2D eigenvalue weighted by atomic mass is 10.2. The number of rotatable bonds is 8. The molecule has 0 aliphatic heterocycles. The minimum atomic E-state index is -0.738. The smallest absolute Gasteiger partial charge is 0.229 e. The molecule has 4 nitrogen and oxygen atoms in total. The first-order chi connectivity index (χ1) is 15.5. The third-order valence-corrected chi connectivity index (χ3v) is 7.02. The van der Waals surface area contributed by atoms with Gasteiger partial charge in [-0.05, 0) is 60.2 Å². The summed E-state index contributed by atoms with van der Waals surface area (Å²) in [6.45, 7) is 0.273. The fourth-order valence-electron chi connectivity index (χ4n) is 3.07. The average molecular weight is 490 g/mol. The zero-order valence-corrected chi connectivity index (χ0v) is 19.2. The largest absolute Gasteiger partial charge is 0.284 e. The van der Waals surface area contributed by atoms with Gasteiger partial charge in [0.15, 0.2) is 10.9 Å². The molecular formula is C23H18ClF2N3OS2. The van der Waals surface area contributed by atoms with Crippen LogP contribution in [0.25, 0.3) is 10.2 Å². The molecule has 0 atom stereocenters. The van der Waals surface area contributed by atoms with Gasteiger partial charge in [-0.2, -0.15) is 0 Å². The van der Waals surface area contributed by atoms with Gasteiger partial charge in [0.2, 0.25) is 5.91 Å². The maximum Gasteiger partial charge on any atom is 0.229 e. The van der Waals surface area contributed by atoms with Crippen LogP contribution in [-0.4, -0.2) is 21.6 Å². The van der Waals surface area contributed by atoms with Crippen LogP contribution in [0.3, 0.4) is 0 Å². The first-order valence-corrected chi connectivity index (χ1v) is 12.0. The number of fused-ring (bicyclic) bond motifs is 1. The van der Waals surface area contributed by atoms with Crippen molar-refractivity contribution in [1.29, 1.82) is 0 Å². The first kappa shape index (κ1) is 22.6. The van der Waals surface area contributed by atoms with E-state index in [1.807, 2.05) is 36.4 Å². The number of aromatic nitrogens is 2. The number of carbonyl (C=O) groups is 1. The van der Waals surface area contributed by atoms with Crippen molar-refractivity contribution in [3.8, 4) is 0 Å². The van der Waals surface area contributed by atoms with Crippen molar-refractivity contribution in [1.82, 2.24) is 9.97 Å². The van der Waals surface area contributed by atoms with E-state index in [1.165, 1.54) is 11.0 Å². The van der Waals surface area contributed by atoms with Gasteiger partial charge in [-0.1, -0.05) is 22.9 Å². The SMILES string of the molecule is O=C(CCCSc1ccc(Cl)cc1)N(Cc1ccncc1)c1nc2c(F)cc(F)cc2s1. The van der Waals surface area contributed by atoms with Crippen LogP contribution < -0.4 is 4.90 Å². The monoisotopic (exact) mass is 489 g/mol. The molecule has 0 aliphatic rings. The van der Waals surface area contributed by atoms with Crippen LogP contribution in [0.5, 0.6) is 0 Å². The number of carbonyl (C=O) groups excluding carboxylic acids is 1. The van der Waals surface area contributed by atoms with Crippen LogP contribution in [0.2, 0.25) is 5.02 Å². The molecule has 9 heteroatoms. The van der Waals surface area contributed by atoms with Crippen LogP contribution in [0.4, 0.5) is 13.9 Å². The molecule has 4 rings (SSSR count). The Morgan fingerprint density at radius 1 is 1.09 bits per heavy atom. The van der Waals surface area contributed by atoms with Gasteiger partial charge in [0.25, 0.3) is 0 Å². The molecule has 2 heterocycles. The van der Waals surface area contributed by atoms with Crippen LogP contribution in [0.15, 0.2) is 65.8 Å². The van der Waals surface area contributed by atoms with Gasteiger partial charge in [-0.15, -0.1) is 11.8 Å². The molecule has 1 amide bonds. The van der Waals surface area contributed by atoms with Crippen LogP contribution in [-0.2, 0) is 11.3 Å². The topological polar surface area (TPSA) is 46.1 Å². The Morgan fingerprint density at radius 2 is 1.84 bits per heavy atom. The molecule has 0 bridgehead atoms. The number of hydrogen-bond acceptors (Lipinski definition) is 5. The number of thioether (sulfide) groups is 1. The van der Waals surface area contributed by atoms with E-state index in [2.05, 4.69) is 9.97 Å². The zero-order chi connectivity index (χ0) is 22.5. The van der Waals surface area contributed by atoms with Crippen molar-refractivity contribution in [2.45, 2.75) is 24.3 Å². The fraction of sp³-hybridized carbons (Fsp3) is 0.174. The molecular weight excluding hydrogens is 472 g/mol. The third-order valence-electron chi connectivity index (χ3n) is 4.64. The predicted molar refractivity (Wildman–Crippen MR) is 126 cm³/mol. The van der Waals surface area contributed by atoms with E-state index in [9.17, 15) is 13.6 Å². The van der Waals surface area contributed by atoms with E-state index >= 15 is 0 Å². The van der Waals surface area contributed by atoms with Gasteiger partial charge in [-0.3, -0.25) is 14.7 Å². The van der Waals surface area contributed by atoms with Gasteiger partial charge < -0.3 is 0 Å². The average Bonchev–Trinajstić information content (AvgIpc) is 3.21. The lowest BCUT2D eigenvalue weighted by molar-refractivity contribution is -0.118.